The number of rotatable bonds is 6. The highest BCUT2D eigenvalue weighted by Crippen LogP contribution is 2.05. The lowest BCUT2D eigenvalue weighted by molar-refractivity contribution is 0.507. The van der Waals surface area contributed by atoms with Gasteiger partial charge in [0.2, 0.25) is 0 Å². The molecule has 0 aliphatic carbocycles. The summed E-state index contributed by atoms with van der Waals surface area (Å²) in [7, 11) is 1.76. The Morgan fingerprint density at radius 3 is 2.59 bits per heavy atom. The first-order chi connectivity index (χ1) is 10.3. The SMILES string of the molecule is CN=C(NCCc1ccc(Cl)nc1)NCCc1ccco1.I. The van der Waals surface area contributed by atoms with Gasteiger partial charge in [0.1, 0.15) is 10.9 Å². The molecule has 0 aliphatic heterocycles. The van der Waals surface area contributed by atoms with E-state index in [1.54, 1.807) is 25.6 Å². The Bertz CT molecular complexity index is 557. The lowest BCUT2D eigenvalue weighted by atomic mass is 10.2. The van der Waals surface area contributed by atoms with Crippen LogP contribution in [0.3, 0.4) is 0 Å². The molecule has 120 valence electrons. The Morgan fingerprint density at radius 2 is 2.00 bits per heavy atom. The molecule has 0 amide bonds. The number of hydrogen-bond donors (Lipinski definition) is 2. The summed E-state index contributed by atoms with van der Waals surface area (Å²) in [6.07, 6.45) is 5.16. The molecule has 0 bridgehead atoms. The van der Waals surface area contributed by atoms with Crippen LogP contribution in [0.1, 0.15) is 11.3 Å². The molecule has 0 saturated heterocycles. The maximum absolute atomic E-state index is 5.75. The van der Waals surface area contributed by atoms with Crippen molar-refractivity contribution in [2.24, 2.45) is 4.99 Å². The second kappa shape index (κ2) is 10.4. The van der Waals surface area contributed by atoms with Gasteiger partial charge >= 0.3 is 0 Å². The highest BCUT2D eigenvalue weighted by molar-refractivity contribution is 14.0. The molecule has 2 N–H and O–H groups in total. The molecule has 0 fully saturated rings. The minimum atomic E-state index is 0. The zero-order valence-corrected chi connectivity index (χ0v) is 15.5. The second-order valence-corrected chi connectivity index (χ2v) is 4.88. The number of pyridine rings is 1. The van der Waals surface area contributed by atoms with Crippen LogP contribution in [-0.2, 0) is 12.8 Å². The Kier molecular flexibility index (Phi) is 8.91. The van der Waals surface area contributed by atoms with Crippen molar-refractivity contribution in [3.63, 3.8) is 0 Å². The zero-order chi connectivity index (χ0) is 14.9. The second-order valence-electron chi connectivity index (χ2n) is 4.49. The van der Waals surface area contributed by atoms with Gasteiger partial charge in [-0.1, -0.05) is 17.7 Å². The summed E-state index contributed by atoms with van der Waals surface area (Å²) in [6.45, 7) is 1.55. The predicted octanol–water partition coefficient (Wildman–Crippen LogP) is 2.90. The normalized spacial score (nSPS) is 10.9. The number of nitrogens with zero attached hydrogens (tertiary/aromatic N) is 2. The lowest BCUT2D eigenvalue weighted by Gasteiger charge is -2.11. The van der Waals surface area contributed by atoms with E-state index in [2.05, 4.69) is 20.6 Å². The molecule has 7 heteroatoms. The maximum Gasteiger partial charge on any atom is 0.191 e. The smallest absolute Gasteiger partial charge is 0.191 e. The summed E-state index contributed by atoms with van der Waals surface area (Å²) in [5.74, 6) is 1.74. The third-order valence-electron chi connectivity index (χ3n) is 2.96. The fraction of sp³-hybridized carbons (Fsp3) is 0.333. The molecule has 2 aromatic heterocycles. The van der Waals surface area contributed by atoms with Gasteiger partial charge in [0.25, 0.3) is 0 Å². The number of aliphatic imine (C=N–C) groups is 1. The summed E-state index contributed by atoms with van der Waals surface area (Å²) in [5, 5.41) is 7.02. The molecule has 2 heterocycles. The minimum Gasteiger partial charge on any atom is -0.469 e. The molecule has 22 heavy (non-hydrogen) atoms. The minimum absolute atomic E-state index is 0. The van der Waals surface area contributed by atoms with Crippen molar-refractivity contribution in [2.45, 2.75) is 12.8 Å². The number of halogens is 2. The standard InChI is InChI=1S/C15H19ClN4O.HI/c1-17-15(19-9-7-13-3-2-10-21-13)18-8-6-12-4-5-14(16)20-11-12;/h2-5,10-11H,6-9H2,1H3,(H2,17,18,19);1H. The summed E-state index contributed by atoms with van der Waals surface area (Å²) in [6, 6.07) is 7.63. The van der Waals surface area contributed by atoms with Crippen LogP contribution < -0.4 is 10.6 Å². The van der Waals surface area contributed by atoms with Crippen LogP contribution in [0.25, 0.3) is 0 Å². The van der Waals surface area contributed by atoms with Gasteiger partial charge in [-0.25, -0.2) is 4.98 Å². The van der Waals surface area contributed by atoms with Crippen LogP contribution in [0.4, 0.5) is 0 Å². The van der Waals surface area contributed by atoms with Crippen molar-refractivity contribution >= 4 is 41.5 Å². The molecular formula is C15H20ClIN4O. The van der Waals surface area contributed by atoms with E-state index < -0.39 is 0 Å². The fourth-order valence-corrected chi connectivity index (χ4v) is 1.97. The van der Waals surface area contributed by atoms with E-state index >= 15 is 0 Å². The monoisotopic (exact) mass is 434 g/mol. The van der Waals surface area contributed by atoms with Gasteiger partial charge in [-0.15, -0.1) is 24.0 Å². The van der Waals surface area contributed by atoms with Gasteiger partial charge in [0.05, 0.1) is 6.26 Å². The summed E-state index contributed by atoms with van der Waals surface area (Å²) in [4.78, 5) is 8.24. The van der Waals surface area contributed by atoms with Gasteiger partial charge < -0.3 is 15.1 Å². The van der Waals surface area contributed by atoms with Crippen LogP contribution >= 0.6 is 35.6 Å². The van der Waals surface area contributed by atoms with Gasteiger partial charge in [-0.05, 0) is 30.2 Å². The molecule has 0 unspecified atom stereocenters. The van der Waals surface area contributed by atoms with Gasteiger partial charge in [-0.2, -0.15) is 0 Å². The van der Waals surface area contributed by atoms with E-state index in [0.717, 1.165) is 43.2 Å². The first-order valence-electron chi connectivity index (χ1n) is 6.85. The van der Waals surface area contributed by atoms with Gasteiger partial charge in [0.15, 0.2) is 5.96 Å². The fourth-order valence-electron chi connectivity index (χ4n) is 1.86. The van der Waals surface area contributed by atoms with Crippen molar-refractivity contribution in [1.82, 2.24) is 15.6 Å². The van der Waals surface area contributed by atoms with E-state index in [9.17, 15) is 0 Å². The zero-order valence-electron chi connectivity index (χ0n) is 12.4. The number of aromatic nitrogens is 1. The van der Waals surface area contributed by atoms with Crippen molar-refractivity contribution in [2.75, 3.05) is 20.1 Å². The molecule has 5 nitrogen and oxygen atoms in total. The predicted molar refractivity (Wildman–Crippen MR) is 100 cm³/mol. The summed E-state index contributed by atoms with van der Waals surface area (Å²) >= 11 is 5.75. The van der Waals surface area contributed by atoms with Crippen molar-refractivity contribution in [3.8, 4) is 0 Å². The molecule has 0 atom stereocenters. The Labute approximate surface area is 152 Å². The number of guanidine groups is 1. The van der Waals surface area contributed by atoms with E-state index in [4.69, 9.17) is 16.0 Å². The van der Waals surface area contributed by atoms with Crippen LogP contribution in [-0.4, -0.2) is 31.1 Å². The lowest BCUT2D eigenvalue weighted by Crippen LogP contribution is -2.39. The van der Waals surface area contributed by atoms with Gasteiger partial charge in [0, 0.05) is 32.8 Å². The summed E-state index contributed by atoms with van der Waals surface area (Å²) < 4.78 is 5.28. The molecule has 0 saturated carbocycles. The van der Waals surface area contributed by atoms with Crippen LogP contribution in [0, 0.1) is 0 Å². The molecule has 0 aliphatic rings. The number of furan rings is 1. The Balaban J connectivity index is 0.00000242. The Hall–Kier alpha value is -1.28. The van der Waals surface area contributed by atoms with E-state index in [1.165, 1.54) is 0 Å². The maximum atomic E-state index is 5.75. The Morgan fingerprint density at radius 1 is 1.23 bits per heavy atom. The molecule has 2 rings (SSSR count). The van der Waals surface area contributed by atoms with Crippen molar-refractivity contribution in [3.05, 3.63) is 53.2 Å². The number of nitrogens with one attached hydrogen (secondary N) is 2. The van der Waals surface area contributed by atoms with E-state index in [0.29, 0.717) is 5.15 Å². The van der Waals surface area contributed by atoms with Crippen LogP contribution in [0.2, 0.25) is 5.15 Å². The highest BCUT2D eigenvalue weighted by atomic mass is 127. The number of hydrogen-bond acceptors (Lipinski definition) is 3. The third kappa shape index (κ3) is 6.65. The first-order valence-corrected chi connectivity index (χ1v) is 7.23. The largest absolute Gasteiger partial charge is 0.469 e. The molecule has 2 aromatic rings. The summed E-state index contributed by atoms with van der Waals surface area (Å²) in [5.41, 5.74) is 1.14. The van der Waals surface area contributed by atoms with Crippen LogP contribution in [0.15, 0.2) is 46.1 Å². The van der Waals surface area contributed by atoms with Crippen molar-refractivity contribution in [1.29, 1.82) is 0 Å². The van der Waals surface area contributed by atoms with E-state index in [1.807, 2.05) is 18.2 Å². The average molecular weight is 435 g/mol. The molecule has 0 radical (unpaired) electrons. The highest BCUT2D eigenvalue weighted by Gasteiger charge is 2.00. The molecule has 0 aromatic carbocycles. The average Bonchev–Trinajstić information content (AvgIpc) is 3.01. The quantitative estimate of drug-likeness (QED) is 0.318. The first kappa shape index (κ1) is 18.8. The molecular weight excluding hydrogens is 415 g/mol. The topological polar surface area (TPSA) is 62.5 Å². The van der Waals surface area contributed by atoms with E-state index in [-0.39, 0.29) is 24.0 Å². The van der Waals surface area contributed by atoms with Gasteiger partial charge in [-0.3, -0.25) is 4.99 Å². The third-order valence-corrected chi connectivity index (χ3v) is 3.19. The van der Waals surface area contributed by atoms with Crippen molar-refractivity contribution < 1.29 is 4.42 Å². The van der Waals surface area contributed by atoms with Crippen LogP contribution in [0.5, 0.6) is 0 Å². The molecule has 0 spiro atoms.